The van der Waals surface area contributed by atoms with Crippen molar-refractivity contribution in [3.05, 3.63) is 163 Å². The maximum absolute atomic E-state index is 2.55. The third-order valence-electron chi connectivity index (χ3n) is 10.6. The summed E-state index contributed by atoms with van der Waals surface area (Å²) in [4.78, 5) is 0. The third-order valence-corrected chi connectivity index (χ3v) is 10.6. The fraction of sp³-hybridized carbons (Fsp3) is 0.0667. The number of hydrogen-bond donors (Lipinski definition) is 0. The average Bonchev–Trinajstić information content (AvgIpc) is 3.55. The second kappa shape index (κ2) is 9.19. The summed E-state index contributed by atoms with van der Waals surface area (Å²) in [6.07, 6.45) is 0. The Hall–Kier alpha value is -5.66. The van der Waals surface area contributed by atoms with Crippen LogP contribution in [0.2, 0.25) is 0 Å². The molecule has 0 atom stereocenters. The average molecular weight is 586 g/mol. The van der Waals surface area contributed by atoms with Crippen molar-refractivity contribution in [2.24, 2.45) is 0 Å². The van der Waals surface area contributed by atoms with Gasteiger partial charge in [0.2, 0.25) is 0 Å². The lowest BCUT2D eigenvalue weighted by atomic mass is 9.82. The van der Waals surface area contributed by atoms with Crippen LogP contribution in [0.3, 0.4) is 0 Å². The fourth-order valence-corrected chi connectivity index (χ4v) is 8.57. The van der Waals surface area contributed by atoms with Crippen molar-refractivity contribution >= 4 is 54.1 Å². The highest BCUT2D eigenvalue weighted by Crippen LogP contribution is 2.54. The van der Waals surface area contributed by atoms with E-state index in [1.807, 2.05) is 0 Å². The van der Waals surface area contributed by atoms with Gasteiger partial charge in [-0.15, -0.1) is 0 Å². The highest BCUT2D eigenvalue weighted by molar-refractivity contribution is 6.24. The lowest BCUT2D eigenvalue weighted by molar-refractivity contribution is 0.661. The van der Waals surface area contributed by atoms with Gasteiger partial charge < -0.3 is 4.57 Å². The Kier molecular flexibility index (Phi) is 5.12. The summed E-state index contributed by atoms with van der Waals surface area (Å²) in [6, 6.07) is 56.2. The van der Waals surface area contributed by atoms with E-state index in [1.165, 1.54) is 93.2 Å². The monoisotopic (exact) mass is 585 g/mol. The van der Waals surface area contributed by atoms with Crippen LogP contribution in [0.4, 0.5) is 0 Å². The molecule has 1 heteroatoms. The molecule has 1 aliphatic carbocycles. The predicted octanol–water partition coefficient (Wildman–Crippen LogP) is 12.2. The first-order valence-electron chi connectivity index (χ1n) is 16.2. The molecular weight excluding hydrogens is 555 g/mol. The van der Waals surface area contributed by atoms with E-state index in [0.717, 1.165) is 0 Å². The van der Waals surface area contributed by atoms with Crippen LogP contribution in [0.5, 0.6) is 0 Å². The minimum Gasteiger partial charge on any atom is -0.308 e. The third kappa shape index (κ3) is 3.25. The summed E-state index contributed by atoms with van der Waals surface area (Å²) in [5, 5.41) is 10.2. The Bertz CT molecular complexity index is 2660. The largest absolute Gasteiger partial charge is 0.308 e. The van der Waals surface area contributed by atoms with Crippen molar-refractivity contribution in [2.75, 3.05) is 0 Å². The van der Waals surface area contributed by atoms with Crippen molar-refractivity contribution < 1.29 is 0 Å². The second-order valence-corrected chi connectivity index (χ2v) is 13.2. The molecule has 0 unspecified atom stereocenters. The van der Waals surface area contributed by atoms with Gasteiger partial charge in [0, 0.05) is 27.0 Å². The van der Waals surface area contributed by atoms with Crippen LogP contribution in [0.1, 0.15) is 25.0 Å². The van der Waals surface area contributed by atoms with Gasteiger partial charge in [0.1, 0.15) is 0 Å². The molecule has 0 fully saturated rings. The minimum atomic E-state index is -0.0528. The number of para-hydroxylation sites is 1. The van der Waals surface area contributed by atoms with Crippen LogP contribution in [-0.2, 0) is 5.41 Å². The Morgan fingerprint density at radius 2 is 0.957 bits per heavy atom. The van der Waals surface area contributed by atoms with E-state index in [9.17, 15) is 0 Å². The Balaban J connectivity index is 1.40. The normalized spacial score (nSPS) is 13.6. The van der Waals surface area contributed by atoms with Gasteiger partial charge in [-0.3, -0.25) is 0 Å². The van der Waals surface area contributed by atoms with Gasteiger partial charge in [-0.2, -0.15) is 0 Å². The predicted molar refractivity (Wildman–Crippen MR) is 196 cm³/mol. The van der Waals surface area contributed by atoms with Crippen molar-refractivity contribution in [2.45, 2.75) is 19.3 Å². The molecule has 46 heavy (non-hydrogen) atoms. The fourth-order valence-electron chi connectivity index (χ4n) is 8.57. The molecule has 0 spiro atoms. The van der Waals surface area contributed by atoms with Gasteiger partial charge in [0.25, 0.3) is 0 Å². The van der Waals surface area contributed by atoms with Gasteiger partial charge >= 0.3 is 0 Å². The van der Waals surface area contributed by atoms with Crippen LogP contribution in [0.25, 0.3) is 82.1 Å². The quantitative estimate of drug-likeness (QED) is 0.178. The minimum absolute atomic E-state index is 0.0528. The van der Waals surface area contributed by atoms with Crippen molar-refractivity contribution in [3.8, 4) is 27.9 Å². The molecule has 1 heterocycles. The summed E-state index contributed by atoms with van der Waals surface area (Å²) >= 11 is 0. The zero-order valence-corrected chi connectivity index (χ0v) is 25.9. The summed E-state index contributed by atoms with van der Waals surface area (Å²) in [5.41, 5.74) is 11.8. The van der Waals surface area contributed by atoms with E-state index in [0.29, 0.717) is 0 Å². The molecule has 0 radical (unpaired) electrons. The number of benzene rings is 8. The van der Waals surface area contributed by atoms with Crippen molar-refractivity contribution in [1.29, 1.82) is 0 Å². The Morgan fingerprint density at radius 1 is 0.391 bits per heavy atom. The lowest BCUT2D eigenvalue weighted by Crippen LogP contribution is -2.14. The number of fused-ring (bicyclic) bond motifs is 10. The van der Waals surface area contributed by atoms with E-state index in [-0.39, 0.29) is 5.41 Å². The van der Waals surface area contributed by atoms with E-state index < -0.39 is 0 Å². The Labute approximate surface area is 268 Å². The van der Waals surface area contributed by atoms with Crippen LogP contribution in [-0.4, -0.2) is 4.57 Å². The van der Waals surface area contributed by atoms with Crippen molar-refractivity contribution in [1.82, 2.24) is 4.57 Å². The molecule has 10 rings (SSSR count). The molecule has 9 aromatic rings. The summed E-state index contributed by atoms with van der Waals surface area (Å²) in [6.45, 7) is 4.74. The summed E-state index contributed by atoms with van der Waals surface area (Å²) in [7, 11) is 0. The van der Waals surface area contributed by atoms with Gasteiger partial charge in [-0.1, -0.05) is 153 Å². The highest BCUT2D eigenvalue weighted by Gasteiger charge is 2.37. The molecule has 0 amide bonds. The maximum atomic E-state index is 2.55. The van der Waals surface area contributed by atoms with Crippen LogP contribution in [0.15, 0.2) is 152 Å². The zero-order chi connectivity index (χ0) is 30.6. The van der Waals surface area contributed by atoms with Crippen LogP contribution >= 0.6 is 0 Å². The molecule has 0 aliphatic heterocycles. The molecule has 0 bridgehead atoms. The Morgan fingerprint density at radius 3 is 1.72 bits per heavy atom. The molecule has 8 aromatic carbocycles. The van der Waals surface area contributed by atoms with Gasteiger partial charge in [-0.05, 0) is 67.1 Å². The number of rotatable bonds is 2. The molecule has 0 N–H and O–H groups in total. The smallest absolute Gasteiger partial charge is 0.0619 e. The molecule has 1 aromatic heterocycles. The first-order valence-corrected chi connectivity index (χ1v) is 16.2. The van der Waals surface area contributed by atoms with E-state index in [4.69, 9.17) is 0 Å². The standard InChI is InChI=1S/C45H31N/c1-45(2)37-24-11-9-21-35(37)42-38(45)26-27-40-43(42)36-22-10-12-25-39(36)46(40)44-33-19-7-5-17-31(33)41(32-18-6-8-20-34(32)44)30-23-13-15-28-14-3-4-16-29(28)30/h3-27H,1-2H3. The SMILES string of the molecule is CC1(C)c2ccccc2-c2c1ccc1c2c2ccccc2n1-c1c2ccccc2c(-c2cccc3ccccc23)c2ccccc12. The zero-order valence-electron chi connectivity index (χ0n) is 25.9. The van der Waals surface area contributed by atoms with E-state index in [2.05, 4.69) is 170 Å². The number of aromatic nitrogens is 1. The van der Waals surface area contributed by atoms with Gasteiger partial charge in [0.05, 0.1) is 16.7 Å². The molecule has 216 valence electrons. The number of hydrogen-bond acceptors (Lipinski definition) is 0. The topological polar surface area (TPSA) is 4.93 Å². The maximum Gasteiger partial charge on any atom is 0.0619 e. The van der Waals surface area contributed by atoms with Crippen molar-refractivity contribution in [3.63, 3.8) is 0 Å². The molecule has 1 nitrogen and oxygen atoms in total. The molecule has 0 saturated heterocycles. The lowest BCUT2D eigenvalue weighted by Gasteiger charge is -2.22. The summed E-state index contributed by atoms with van der Waals surface area (Å²) in [5.74, 6) is 0. The highest BCUT2D eigenvalue weighted by atomic mass is 15.0. The molecular formula is C45H31N. The van der Waals surface area contributed by atoms with E-state index in [1.54, 1.807) is 0 Å². The van der Waals surface area contributed by atoms with Crippen LogP contribution < -0.4 is 0 Å². The summed E-state index contributed by atoms with van der Waals surface area (Å²) < 4.78 is 2.55. The van der Waals surface area contributed by atoms with Gasteiger partial charge in [-0.25, -0.2) is 0 Å². The van der Waals surface area contributed by atoms with Crippen LogP contribution in [0, 0.1) is 0 Å². The van der Waals surface area contributed by atoms with E-state index >= 15 is 0 Å². The second-order valence-electron chi connectivity index (χ2n) is 13.2. The molecule has 1 aliphatic rings. The molecule has 0 saturated carbocycles. The first kappa shape index (κ1) is 25.6. The van der Waals surface area contributed by atoms with Gasteiger partial charge in [0.15, 0.2) is 0 Å². The number of nitrogens with zero attached hydrogens (tertiary/aromatic N) is 1. The first-order chi connectivity index (χ1) is 22.6.